The first-order valence-corrected chi connectivity index (χ1v) is 5.85. The minimum absolute atomic E-state index is 0. The van der Waals surface area contributed by atoms with Crippen LogP contribution in [-0.4, -0.2) is 23.3 Å². The molecule has 0 fully saturated rings. The lowest BCUT2D eigenvalue weighted by Gasteiger charge is -2.09. The van der Waals surface area contributed by atoms with Crippen molar-refractivity contribution in [3.8, 4) is 17.1 Å². The van der Waals surface area contributed by atoms with Gasteiger partial charge in [-0.3, -0.25) is 0 Å². The van der Waals surface area contributed by atoms with Crippen LogP contribution in [0.15, 0.2) is 28.8 Å². The first kappa shape index (κ1) is 15.5. The highest BCUT2D eigenvalue weighted by molar-refractivity contribution is 5.85. The van der Waals surface area contributed by atoms with Crippen molar-refractivity contribution in [2.45, 2.75) is 25.8 Å². The van der Waals surface area contributed by atoms with E-state index in [1.54, 1.807) is 7.11 Å². The molecule has 6 heteroatoms. The molecule has 1 aromatic carbocycles. The standard InChI is InChI=1S/C13H17N3O2.ClH/c1-8(9(2)14)13-15-12(16-18-13)10-4-6-11(17-3)7-5-10;/h4-9H,14H2,1-3H3;1H. The summed E-state index contributed by atoms with van der Waals surface area (Å²) in [5.74, 6) is 1.98. The van der Waals surface area contributed by atoms with Gasteiger partial charge in [-0.15, -0.1) is 12.4 Å². The SMILES string of the molecule is COc1ccc(-c2noc(C(C)C(C)N)n2)cc1.Cl. The fourth-order valence-corrected chi connectivity index (χ4v) is 1.50. The molecule has 0 radical (unpaired) electrons. The smallest absolute Gasteiger partial charge is 0.231 e. The fourth-order valence-electron chi connectivity index (χ4n) is 1.50. The Labute approximate surface area is 118 Å². The molecule has 0 aliphatic heterocycles. The number of hydrogen-bond acceptors (Lipinski definition) is 5. The molecule has 1 aromatic heterocycles. The van der Waals surface area contributed by atoms with Gasteiger partial charge in [0.25, 0.3) is 0 Å². The van der Waals surface area contributed by atoms with Gasteiger partial charge < -0.3 is 15.0 Å². The van der Waals surface area contributed by atoms with E-state index in [9.17, 15) is 0 Å². The number of rotatable bonds is 4. The molecule has 2 aromatic rings. The molecule has 0 aliphatic carbocycles. The van der Waals surface area contributed by atoms with Crippen molar-refractivity contribution >= 4 is 12.4 Å². The maximum Gasteiger partial charge on any atom is 0.231 e. The van der Waals surface area contributed by atoms with Crippen molar-refractivity contribution < 1.29 is 9.26 Å². The summed E-state index contributed by atoms with van der Waals surface area (Å²) in [6, 6.07) is 7.49. The Balaban J connectivity index is 0.00000180. The van der Waals surface area contributed by atoms with E-state index >= 15 is 0 Å². The molecule has 104 valence electrons. The second kappa shape index (κ2) is 6.54. The van der Waals surface area contributed by atoms with Crippen LogP contribution in [0.4, 0.5) is 0 Å². The zero-order valence-electron chi connectivity index (χ0n) is 11.2. The molecule has 0 bridgehead atoms. The summed E-state index contributed by atoms with van der Waals surface area (Å²) in [7, 11) is 1.63. The highest BCUT2D eigenvalue weighted by Crippen LogP contribution is 2.22. The van der Waals surface area contributed by atoms with Gasteiger partial charge in [-0.05, 0) is 31.2 Å². The molecule has 2 N–H and O–H groups in total. The van der Waals surface area contributed by atoms with Gasteiger partial charge in [0.15, 0.2) is 0 Å². The molecule has 2 unspecified atom stereocenters. The van der Waals surface area contributed by atoms with Gasteiger partial charge in [0.1, 0.15) is 5.75 Å². The van der Waals surface area contributed by atoms with Gasteiger partial charge >= 0.3 is 0 Å². The monoisotopic (exact) mass is 283 g/mol. The summed E-state index contributed by atoms with van der Waals surface area (Å²) in [5, 5.41) is 3.96. The normalized spacial score (nSPS) is 13.5. The minimum atomic E-state index is -0.0193. The van der Waals surface area contributed by atoms with E-state index in [1.807, 2.05) is 38.1 Å². The molecule has 1 heterocycles. The summed E-state index contributed by atoms with van der Waals surface area (Å²) in [5.41, 5.74) is 6.70. The number of methoxy groups -OCH3 is 1. The zero-order chi connectivity index (χ0) is 13.1. The second-order valence-corrected chi connectivity index (χ2v) is 4.33. The molecule has 2 rings (SSSR count). The molecule has 19 heavy (non-hydrogen) atoms. The van der Waals surface area contributed by atoms with Crippen LogP contribution in [0, 0.1) is 0 Å². The van der Waals surface area contributed by atoms with Gasteiger partial charge in [0.2, 0.25) is 11.7 Å². The molecular weight excluding hydrogens is 266 g/mol. The van der Waals surface area contributed by atoms with E-state index in [0.717, 1.165) is 11.3 Å². The van der Waals surface area contributed by atoms with Gasteiger partial charge in [0.05, 0.1) is 13.0 Å². The number of benzene rings is 1. The maximum absolute atomic E-state index is 5.81. The van der Waals surface area contributed by atoms with Gasteiger partial charge in [-0.25, -0.2) is 0 Å². The van der Waals surface area contributed by atoms with Crippen LogP contribution in [0.3, 0.4) is 0 Å². The fraction of sp³-hybridized carbons (Fsp3) is 0.385. The van der Waals surface area contributed by atoms with E-state index < -0.39 is 0 Å². The predicted molar refractivity (Wildman–Crippen MR) is 75.6 cm³/mol. The second-order valence-electron chi connectivity index (χ2n) is 4.33. The number of nitrogens with two attached hydrogens (primary N) is 1. The maximum atomic E-state index is 5.81. The zero-order valence-corrected chi connectivity index (χ0v) is 12.0. The Bertz CT molecular complexity index is 511. The van der Waals surface area contributed by atoms with Crippen LogP contribution in [0.25, 0.3) is 11.4 Å². The summed E-state index contributed by atoms with van der Waals surface area (Å²) in [6.07, 6.45) is 0. The lowest BCUT2D eigenvalue weighted by atomic mass is 10.1. The van der Waals surface area contributed by atoms with Crippen LogP contribution < -0.4 is 10.5 Å². The van der Waals surface area contributed by atoms with E-state index in [4.69, 9.17) is 15.0 Å². The summed E-state index contributed by atoms with van der Waals surface area (Å²) in [6.45, 7) is 3.89. The Morgan fingerprint density at radius 2 is 1.84 bits per heavy atom. The highest BCUT2D eigenvalue weighted by Gasteiger charge is 2.18. The van der Waals surface area contributed by atoms with Gasteiger partial charge in [-0.1, -0.05) is 12.1 Å². The Hall–Kier alpha value is -1.59. The van der Waals surface area contributed by atoms with Gasteiger partial charge in [0, 0.05) is 11.6 Å². The third-order valence-corrected chi connectivity index (χ3v) is 2.97. The van der Waals surface area contributed by atoms with Crippen LogP contribution >= 0.6 is 12.4 Å². The van der Waals surface area contributed by atoms with Crippen molar-refractivity contribution in [3.63, 3.8) is 0 Å². The molecule has 0 saturated carbocycles. The van der Waals surface area contributed by atoms with Crippen molar-refractivity contribution in [1.82, 2.24) is 10.1 Å². The predicted octanol–water partition coefficient (Wildman–Crippen LogP) is 2.62. The van der Waals surface area contributed by atoms with Gasteiger partial charge in [-0.2, -0.15) is 4.98 Å². The largest absolute Gasteiger partial charge is 0.497 e. The Morgan fingerprint density at radius 1 is 1.21 bits per heavy atom. The molecule has 0 amide bonds. The lowest BCUT2D eigenvalue weighted by molar-refractivity contribution is 0.346. The summed E-state index contributed by atoms with van der Waals surface area (Å²) >= 11 is 0. The molecule has 0 saturated heterocycles. The third-order valence-electron chi connectivity index (χ3n) is 2.97. The van der Waals surface area contributed by atoms with Crippen LogP contribution in [-0.2, 0) is 0 Å². The van der Waals surface area contributed by atoms with E-state index in [1.165, 1.54) is 0 Å². The molecule has 2 atom stereocenters. The average Bonchev–Trinajstić information content (AvgIpc) is 2.87. The Morgan fingerprint density at radius 3 is 2.37 bits per heavy atom. The number of ether oxygens (including phenoxy) is 1. The Kier molecular flexibility index (Phi) is 5.32. The van der Waals surface area contributed by atoms with Crippen LogP contribution in [0.2, 0.25) is 0 Å². The van der Waals surface area contributed by atoms with Crippen molar-refractivity contribution in [2.24, 2.45) is 5.73 Å². The molecule has 5 nitrogen and oxygen atoms in total. The van der Waals surface area contributed by atoms with Crippen molar-refractivity contribution in [3.05, 3.63) is 30.2 Å². The quantitative estimate of drug-likeness (QED) is 0.933. The number of hydrogen-bond donors (Lipinski definition) is 1. The first-order chi connectivity index (χ1) is 8.61. The number of halogens is 1. The number of aromatic nitrogens is 2. The van der Waals surface area contributed by atoms with E-state index in [0.29, 0.717) is 11.7 Å². The number of nitrogens with zero attached hydrogens (tertiary/aromatic N) is 2. The van der Waals surface area contributed by atoms with E-state index in [-0.39, 0.29) is 24.4 Å². The average molecular weight is 284 g/mol. The van der Waals surface area contributed by atoms with Crippen molar-refractivity contribution in [1.29, 1.82) is 0 Å². The van der Waals surface area contributed by atoms with Crippen molar-refractivity contribution in [2.75, 3.05) is 7.11 Å². The summed E-state index contributed by atoms with van der Waals surface area (Å²) in [4.78, 5) is 4.36. The molecular formula is C13H18ClN3O2. The third kappa shape index (κ3) is 3.45. The molecule has 0 aliphatic rings. The highest BCUT2D eigenvalue weighted by atomic mass is 35.5. The topological polar surface area (TPSA) is 74.2 Å². The van der Waals surface area contributed by atoms with E-state index in [2.05, 4.69) is 10.1 Å². The molecule has 0 spiro atoms. The summed E-state index contributed by atoms with van der Waals surface area (Å²) < 4.78 is 10.3. The lowest BCUT2D eigenvalue weighted by Crippen LogP contribution is -2.22. The minimum Gasteiger partial charge on any atom is -0.497 e. The van der Waals surface area contributed by atoms with Crippen LogP contribution in [0.1, 0.15) is 25.7 Å². The van der Waals surface area contributed by atoms with Crippen LogP contribution in [0.5, 0.6) is 5.75 Å². The first-order valence-electron chi connectivity index (χ1n) is 5.85.